The third-order valence-electron chi connectivity index (χ3n) is 9.60. The van der Waals surface area contributed by atoms with E-state index in [1.54, 1.807) is 0 Å². The number of hydrogen-bond donors (Lipinski definition) is 14. The van der Waals surface area contributed by atoms with Crippen LogP contribution in [0.15, 0.2) is 0 Å². The van der Waals surface area contributed by atoms with E-state index in [0.717, 1.165) is 20.8 Å². The molecule has 28 heteroatoms. The molecule has 0 aromatic carbocycles. The minimum Gasteiger partial charge on any atom is -0.394 e. The number of hydrogen-bond acceptors (Lipinski definition) is 23. The molecule has 4 aliphatic heterocycles. The van der Waals surface area contributed by atoms with Crippen LogP contribution < -0.4 is 16.0 Å². The van der Waals surface area contributed by atoms with E-state index in [4.69, 9.17) is 33.2 Å². The molecule has 0 saturated carbocycles. The molecule has 0 aromatic heterocycles. The third-order valence-corrected chi connectivity index (χ3v) is 10.1. The number of amides is 3. The first kappa shape index (κ1) is 48.3. The van der Waals surface area contributed by atoms with Crippen LogP contribution in [0.3, 0.4) is 0 Å². The van der Waals surface area contributed by atoms with Gasteiger partial charge in [-0.25, -0.2) is 4.18 Å². The minimum absolute atomic E-state index is 0.735. The SMILES string of the molecule is CC(=O)N[C@@H]1[C@@H](O[C@@H]2O[C@H](CO)[C@H](O)[C@H](O)[C@H]2O)[C@@H](O)[C@@H](CO[C@@H]2O[C@H](CO)[C@@H](O[C@@H]3O[C@H](CO)[C@H](OS(=O)(=O)O)[C@H](O)[C@H]3NC(C)=O)[C@H](O)[C@H]2NC(C)=O)O[C@@H]1O. The maximum absolute atomic E-state index is 12.3. The predicted molar refractivity (Wildman–Crippen MR) is 179 cm³/mol. The zero-order valence-corrected chi connectivity index (χ0v) is 31.8. The van der Waals surface area contributed by atoms with Crippen molar-refractivity contribution in [3.8, 4) is 0 Å². The van der Waals surface area contributed by atoms with Crippen molar-refractivity contribution in [1.29, 1.82) is 0 Å². The van der Waals surface area contributed by atoms with Crippen molar-refractivity contribution in [2.45, 2.75) is 143 Å². The van der Waals surface area contributed by atoms with Gasteiger partial charge in [0, 0.05) is 20.8 Å². The topological polar surface area (TPSA) is 418 Å². The van der Waals surface area contributed by atoms with Crippen LogP contribution in [0.5, 0.6) is 0 Å². The fourth-order valence-electron chi connectivity index (χ4n) is 6.90. The largest absolute Gasteiger partial charge is 0.397 e. The summed E-state index contributed by atoms with van der Waals surface area (Å²) in [6.07, 6.45) is -30.8. The average molecular weight is 870 g/mol. The molecular formula is C30H51N3O24S. The Balaban J connectivity index is 1.55. The van der Waals surface area contributed by atoms with Crippen molar-refractivity contribution in [1.82, 2.24) is 16.0 Å². The molecule has 20 atom stereocenters. The van der Waals surface area contributed by atoms with E-state index in [9.17, 15) is 78.4 Å². The molecule has 4 fully saturated rings. The normalized spacial score (nSPS) is 43.6. The Kier molecular flexibility index (Phi) is 17.0. The van der Waals surface area contributed by atoms with Crippen LogP contribution in [0.1, 0.15) is 20.8 Å². The molecule has 27 nitrogen and oxygen atoms in total. The molecule has 58 heavy (non-hydrogen) atoms. The number of nitrogens with one attached hydrogen (secondary N) is 3. The lowest BCUT2D eigenvalue weighted by Crippen LogP contribution is -2.70. The van der Waals surface area contributed by atoms with Gasteiger partial charge in [0.05, 0.1) is 26.4 Å². The van der Waals surface area contributed by atoms with E-state index >= 15 is 0 Å². The Hall–Kier alpha value is -2.40. The highest BCUT2D eigenvalue weighted by Crippen LogP contribution is 2.33. The Bertz CT molecular complexity index is 1500. The standard InChI is InChI=1S/C30H51N3O24S/c1-8(37)31-15-20(42)24(55-29-16(32-9(2)38)21(43)25(13(6-36)54-29)57-58(47,48)49)12(5-35)53-28(15)50-7-14-19(41)26(17(27(46)51-14)33-10(3)39)56-30-23(45)22(44)18(40)11(4-34)52-30/h11-30,34-36,40-46H,4-7H2,1-3H3,(H,31,37)(H,32,38)(H,33,39)(H,47,48,49)/t11-,12-,13-,14-,15-,16-,17-,18+,19+,20-,21-,22+,23-,24-,25+,26-,27+,28-,29+,30+/m1/s1. The Morgan fingerprint density at radius 1 is 0.534 bits per heavy atom. The number of ether oxygens (including phenoxy) is 7. The zero-order valence-electron chi connectivity index (χ0n) is 31.0. The van der Waals surface area contributed by atoms with E-state index in [2.05, 4.69) is 20.1 Å². The average Bonchev–Trinajstić information content (AvgIpc) is 3.14. The molecule has 3 amide bonds. The van der Waals surface area contributed by atoms with E-state index in [-0.39, 0.29) is 0 Å². The van der Waals surface area contributed by atoms with Crippen molar-refractivity contribution >= 4 is 28.1 Å². The summed E-state index contributed by atoms with van der Waals surface area (Å²) in [7, 11) is -5.25. The third kappa shape index (κ3) is 11.5. The molecule has 14 N–H and O–H groups in total. The second-order valence-corrected chi connectivity index (χ2v) is 14.9. The van der Waals surface area contributed by atoms with Gasteiger partial charge in [-0.05, 0) is 0 Å². The molecule has 4 heterocycles. The van der Waals surface area contributed by atoms with E-state index in [1.807, 2.05) is 0 Å². The van der Waals surface area contributed by atoms with Crippen molar-refractivity contribution in [2.24, 2.45) is 0 Å². The highest BCUT2D eigenvalue weighted by Gasteiger charge is 2.55. The monoisotopic (exact) mass is 869 g/mol. The summed E-state index contributed by atoms with van der Waals surface area (Å²) in [4.78, 5) is 36.3. The summed E-state index contributed by atoms with van der Waals surface area (Å²) in [5, 5.41) is 112. The van der Waals surface area contributed by atoms with Crippen LogP contribution >= 0.6 is 0 Å². The van der Waals surface area contributed by atoms with E-state index in [1.165, 1.54) is 0 Å². The predicted octanol–water partition coefficient (Wildman–Crippen LogP) is -9.49. The Morgan fingerprint density at radius 3 is 1.53 bits per heavy atom. The molecular weight excluding hydrogens is 818 g/mol. The first-order chi connectivity index (χ1) is 27.1. The number of carbonyl (C=O) groups is 3. The highest BCUT2D eigenvalue weighted by atomic mass is 32.3. The van der Waals surface area contributed by atoms with Gasteiger partial charge in [-0.1, -0.05) is 0 Å². The lowest BCUT2D eigenvalue weighted by molar-refractivity contribution is -0.350. The highest BCUT2D eigenvalue weighted by molar-refractivity contribution is 7.80. The maximum Gasteiger partial charge on any atom is 0.397 e. The quantitative estimate of drug-likeness (QED) is 0.0679. The summed E-state index contributed by atoms with van der Waals surface area (Å²) in [6.45, 7) is -0.497. The van der Waals surface area contributed by atoms with Gasteiger partial charge in [0.1, 0.15) is 97.5 Å². The molecule has 0 aromatic rings. The van der Waals surface area contributed by atoms with Gasteiger partial charge >= 0.3 is 10.4 Å². The molecule has 0 unspecified atom stereocenters. The number of rotatable bonds is 15. The van der Waals surface area contributed by atoms with Gasteiger partial charge < -0.3 is 100 Å². The Labute approximate surface area is 329 Å². The van der Waals surface area contributed by atoms with Crippen LogP contribution in [0.2, 0.25) is 0 Å². The molecule has 336 valence electrons. The van der Waals surface area contributed by atoms with Crippen molar-refractivity contribution < 1.29 is 116 Å². The van der Waals surface area contributed by atoms with E-state index in [0.29, 0.717) is 0 Å². The molecule has 4 aliphatic rings. The smallest absolute Gasteiger partial charge is 0.394 e. The summed E-state index contributed by atoms with van der Waals surface area (Å²) >= 11 is 0. The molecule has 0 bridgehead atoms. The molecule has 0 spiro atoms. The van der Waals surface area contributed by atoms with Gasteiger partial charge in [0.2, 0.25) is 17.7 Å². The minimum atomic E-state index is -5.25. The van der Waals surface area contributed by atoms with Crippen molar-refractivity contribution in [2.75, 3.05) is 26.4 Å². The number of carbonyl (C=O) groups excluding carboxylic acids is 3. The van der Waals surface area contributed by atoms with Gasteiger partial charge in [0.15, 0.2) is 25.2 Å². The molecule has 0 radical (unpaired) electrons. The number of aliphatic hydroxyl groups excluding tert-OH is 10. The lowest BCUT2D eigenvalue weighted by Gasteiger charge is -2.49. The second kappa shape index (κ2) is 20.4. The van der Waals surface area contributed by atoms with Crippen LogP contribution in [-0.4, -0.2) is 231 Å². The van der Waals surface area contributed by atoms with Crippen LogP contribution in [0.4, 0.5) is 0 Å². The first-order valence-electron chi connectivity index (χ1n) is 17.7. The second-order valence-electron chi connectivity index (χ2n) is 13.9. The van der Waals surface area contributed by atoms with Crippen molar-refractivity contribution in [3.05, 3.63) is 0 Å². The fourth-order valence-corrected chi connectivity index (χ4v) is 7.42. The van der Waals surface area contributed by atoms with Crippen LogP contribution in [-0.2, 0) is 62.1 Å². The summed E-state index contributed by atoms with van der Waals surface area (Å²) in [6, 6.07) is -4.89. The van der Waals surface area contributed by atoms with Gasteiger partial charge in [-0.2, -0.15) is 8.42 Å². The number of aliphatic hydroxyl groups is 10. The van der Waals surface area contributed by atoms with Crippen LogP contribution in [0, 0.1) is 0 Å². The first-order valence-corrected chi connectivity index (χ1v) is 19.1. The van der Waals surface area contributed by atoms with Crippen LogP contribution in [0.25, 0.3) is 0 Å². The maximum atomic E-state index is 12.3. The van der Waals surface area contributed by atoms with Gasteiger partial charge in [-0.3, -0.25) is 18.9 Å². The summed E-state index contributed by atoms with van der Waals surface area (Å²) in [5.41, 5.74) is 0. The Morgan fingerprint density at radius 2 is 1.00 bits per heavy atom. The zero-order chi connectivity index (χ0) is 43.4. The molecule has 0 aliphatic carbocycles. The molecule has 4 saturated heterocycles. The lowest BCUT2D eigenvalue weighted by atomic mass is 9.94. The van der Waals surface area contributed by atoms with Gasteiger partial charge in [0.25, 0.3) is 0 Å². The van der Waals surface area contributed by atoms with E-state index < -0.39 is 177 Å². The van der Waals surface area contributed by atoms with Gasteiger partial charge in [-0.15, -0.1) is 0 Å². The fraction of sp³-hybridized carbons (Fsp3) is 0.900. The summed E-state index contributed by atoms with van der Waals surface area (Å²) in [5.74, 6) is -2.33. The molecule has 4 rings (SSSR count). The summed E-state index contributed by atoms with van der Waals surface area (Å²) < 4.78 is 76.1. The van der Waals surface area contributed by atoms with Crippen molar-refractivity contribution in [3.63, 3.8) is 0 Å².